The maximum absolute atomic E-state index is 13.4. The Morgan fingerprint density at radius 1 is 1.19 bits per heavy atom. The van der Waals surface area contributed by atoms with Gasteiger partial charge in [-0.25, -0.2) is 9.97 Å². The smallest absolute Gasteiger partial charge is 0.264 e. The van der Waals surface area contributed by atoms with Crippen LogP contribution in [0.4, 0.5) is 5.82 Å². The Morgan fingerprint density at radius 2 is 1.96 bits per heavy atom. The van der Waals surface area contributed by atoms with E-state index in [2.05, 4.69) is 28.6 Å². The van der Waals surface area contributed by atoms with Crippen molar-refractivity contribution >= 4 is 33.3 Å². The highest BCUT2D eigenvalue weighted by Gasteiger charge is 2.30. The van der Waals surface area contributed by atoms with Gasteiger partial charge in [-0.15, -0.1) is 11.3 Å². The Bertz CT molecular complexity index is 844. The third-order valence-corrected chi connectivity index (χ3v) is 6.92. The van der Waals surface area contributed by atoms with Crippen LogP contribution in [0.25, 0.3) is 10.2 Å². The van der Waals surface area contributed by atoms with Gasteiger partial charge in [-0.05, 0) is 45.1 Å². The van der Waals surface area contributed by atoms with Crippen molar-refractivity contribution in [3.8, 4) is 0 Å². The first-order chi connectivity index (χ1) is 13.1. The maximum atomic E-state index is 13.4. The van der Waals surface area contributed by atoms with Gasteiger partial charge in [0.15, 0.2) is 0 Å². The molecule has 146 valence electrons. The van der Waals surface area contributed by atoms with Crippen LogP contribution >= 0.6 is 11.3 Å². The monoisotopic (exact) mass is 388 g/mol. The fourth-order valence-electron chi connectivity index (χ4n) is 4.25. The predicted octanol–water partition coefficient (Wildman–Crippen LogP) is 3.55. The number of nitrogens with zero attached hydrogens (tertiary/aromatic N) is 4. The lowest BCUT2D eigenvalue weighted by atomic mass is 9.99. The number of anilines is 1. The van der Waals surface area contributed by atoms with E-state index in [0.29, 0.717) is 19.3 Å². The van der Waals surface area contributed by atoms with Gasteiger partial charge in [0, 0.05) is 25.7 Å². The topological polar surface area (TPSA) is 58.6 Å². The molecule has 2 saturated heterocycles. The van der Waals surface area contributed by atoms with Gasteiger partial charge in [0.05, 0.1) is 23.5 Å². The van der Waals surface area contributed by atoms with Crippen LogP contribution in [0.2, 0.25) is 0 Å². The van der Waals surface area contributed by atoms with Crippen LogP contribution in [0.1, 0.15) is 53.7 Å². The highest BCUT2D eigenvalue weighted by atomic mass is 32.1. The van der Waals surface area contributed by atoms with E-state index in [9.17, 15) is 4.79 Å². The van der Waals surface area contributed by atoms with Crippen molar-refractivity contribution in [3.63, 3.8) is 0 Å². The molecule has 0 aromatic carbocycles. The lowest BCUT2D eigenvalue weighted by Crippen LogP contribution is -2.43. The number of thiophene rings is 1. The number of hydrogen-bond acceptors (Lipinski definition) is 6. The number of ether oxygens (including phenoxy) is 1. The van der Waals surface area contributed by atoms with E-state index in [0.717, 1.165) is 71.2 Å². The second kappa shape index (κ2) is 7.72. The van der Waals surface area contributed by atoms with Crippen LogP contribution in [-0.4, -0.2) is 59.7 Å². The molecule has 0 aliphatic carbocycles. The first-order valence-electron chi connectivity index (χ1n) is 10.0. The zero-order chi connectivity index (χ0) is 19.0. The fourth-order valence-corrected chi connectivity index (χ4v) is 5.43. The second-order valence-electron chi connectivity index (χ2n) is 7.49. The summed E-state index contributed by atoms with van der Waals surface area (Å²) < 4.78 is 5.50. The number of rotatable bonds is 3. The summed E-state index contributed by atoms with van der Waals surface area (Å²) in [6.07, 6.45) is 4.46. The number of carbonyl (C=O) groups excluding carboxylic acids is 1. The molecule has 27 heavy (non-hydrogen) atoms. The van der Waals surface area contributed by atoms with Crippen molar-refractivity contribution in [2.75, 3.05) is 37.7 Å². The van der Waals surface area contributed by atoms with Crippen LogP contribution in [0.5, 0.6) is 0 Å². The molecule has 2 aliphatic heterocycles. The van der Waals surface area contributed by atoms with Gasteiger partial charge < -0.3 is 14.5 Å². The number of morpholine rings is 1. The van der Waals surface area contributed by atoms with E-state index < -0.39 is 0 Å². The molecule has 2 aromatic heterocycles. The molecule has 0 N–H and O–H groups in total. The van der Waals surface area contributed by atoms with Gasteiger partial charge in [0.1, 0.15) is 16.5 Å². The average Bonchev–Trinajstić information content (AvgIpc) is 3.03. The van der Waals surface area contributed by atoms with Crippen molar-refractivity contribution in [3.05, 3.63) is 16.3 Å². The molecule has 4 rings (SSSR count). The summed E-state index contributed by atoms with van der Waals surface area (Å²) in [6, 6.07) is 0.363. The Labute approximate surface area is 164 Å². The fraction of sp³-hybridized carbons (Fsp3) is 0.650. The van der Waals surface area contributed by atoms with E-state index in [4.69, 9.17) is 9.72 Å². The Balaban J connectivity index is 1.76. The molecule has 4 heterocycles. The summed E-state index contributed by atoms with van der Waals surface area (Å²) in [5.74, 6) is 1.89. The number of hydrogen-bond donors (Lipinski definition) is 0. The summed E-state index contributed by atoms with van der Waals surface area (Å²) in [5.41, 5.74) is 1.03. The van der Waals surface area contributed by atoms with Crippen molar-refractivity contribution < 1.29 is 9.53 Å². The van der Waals surface area contributed by atoms with Crippen molar-refractivity contribution in [2.45, 2.75) is 52.5 Å². The minimum absolute atomic E-state index is 0.174. The zero-order valence-corrected chi connectivity index (χ0v) is 17.3. The molecule has 6 nitrogen and oxygen atoms in total. The van der Waals surface area contributed by atoms with Gasteiger partial charge >= 0.3 is 0 Å². The summed E-state index contributed by atoms with van der Waals surface area (Å²) in [7, 11) is 0. The third-order valence-electron chi connectivity index (χ3n) is 5.75. The standard InChI is InChI=1S/C20H28N4O2S/c1-4-15-7-5-6-8-24(15)20(25)17-13(2)16-18(23-9-11-26-12-10-23)21-14(3)22-19(16)27-17/h15H,4-12H2,1-3H3. The normalized spacial score (nSPS) is 21.1. The second-order valence-corrected chi connectivity index (χ2v) is 8.49. The quantitative estimate of drug-likeness (QED) is 0.805. The molecular weight excluding hydrogens is 360 g/mol. The first-order valence-corrected chi connectivity index (χ1v) is 10.8. The zero-order valence-electron chi connectivity index (χ0n) is 16.5. The van der Waals surface area contributed by atoms with Crippen molar-refractivity contribution in [2.24, 2.45) is 0 Å². The minimum Gasteiger partial charge on any atom is -0.378 e. The maximum Gasteiger partial charge on any atom is 0.264 e. The summed E-state index contributed by atoms with van der Waals surface area (Å²) in [6.45, 7) is 10.1. The highest BCUT2D eigenvalue weighted by Crippen LogP contribution is 2.37. The summed E-state index contributed by atoms with van der Waals surface area (Å²) >= 11 is 1.53. The summed E-state index contributed by atoms with van der Waals surface area (Å²) in [5, 5.41) is 1.04. The number of likely N-dealkylation sites (tertiary alicyclic amines) is 1. The first kappa shape index (κ1) is 18.6. The molecule has 7 heteroatoms. The molecule has 2 aliphatic rings. The SMILES string of the molecule is CCC1CCCCN1C(=O)c1sc2nc(C)nc(N3CCOCC3)c2c1C. The van der Waals surface area contributed by atoms with Gasteiger partial charge in [-0.3, -0.25) is 4.79 Å². The molecule has 0 spiro atoms. The molecule has 1 atom stereocenters. The average molecular weight is 389 g/mol. The van der Waals surface area contributed by atoms with E-state index in [-0.39, 0.29) is 5.91 Å². The number of aromatic nitrogens is 2. The largest absolute Gasteiger partial charge is 0.378 e. The number of piperidine rings is 1. The summed E-state index contributed by atoms with van der Waals surface area (Å²) in [4.78, 5) is 28.9. The number of amides is 1. The Kier molecular flexibility index (Phi) is 5.32. The van der Waals surface area contributed by atoms with Gasteiger partial charge in [0.2, 0.25) is 0 Å². The molecule has 2 fully saturated rings. The van der Waals surface area contributed by atoms with E-state index in [1.807, 2.05) is 6.92 Å². The number of aryl methyl sites for hydroxylation is 2. The van der Waals surface area contributed by atoms with E-state index in [1.165, 1.54) is 17.8 Å². The minimum atomic E-state index is 0.174. The van der Waals surface area contributed by atoms with Crippen LogP contribution in [0, 0.1) is 13.8 Å². The molecule has 1 amide bonds. The van der Waals surface area contributed by atoms with E-state index >= 15 is 0 Å². The molecule has 1 unspecified atom stereocenters. The molecule has 0 bridgehead atoms. The van der Waals surface area contributed by atoms with Gasteiger partial charge in [-0.2, -0.15) is 0 Å². The molecule has 0 saturated carbocycles. The van der Waals surface area contributed by atoms with Crippen LogP contribution < -0.4 is 4.90 Å². The van der Waals surface area contributed by atoms with Gasteiger partial charge in [0.25, 0.3) is 5.91 Å². The Hall–Kier alpha value is -1.73. The van der Waals surface area contributed by atoms with Crippen LogP contribution in [0.15, 0.2) is 0 Å². The van der Waals surface area contributed by atoms with E-state index in [1.54, 1.807) is 0 Å². The lowest BCUT2D eigenvalue weighted by molar-refractivity contribution is 0.0612. The predicted molar refractivity (Wildman–Crippen MR) is 109 cm³/mol. The number of carbonyl (C=O) groups is 1. The van der Waals surface area contributed by atoms with Crippen molar-refractivity contribution in [1.29, 1.82) is 0 Å². The third kappa shape index (κ3) is 3.43. The Morgan fingerprint density at radius 3 is 2.70 bits per heavy atom. The van der Waals surface area contributed by atoms with Crippen molar-refractivity contribution in [1.82, 2.24) is 14.9 Å². The lowest BCUT2D eigenvalue weighted by Gasteiger charge is -2.35. The molecule has 2 aromatic rings. The van der Waals surface area contributed by atoms with Crippen LogP contribution in [0.3, 0.4) is 0 Å². The van der Waals surface area contributed by atoms with Crippen LogP contribution in [-0.2, 0) is 4.74 Å². The molecule has 0 radical (unpaired) electrons. The highest BCUT2D eigenvalue weighted by molar-refractivity contribution is 7.20. The van der Waals surface area contributed by atoms with Gasteiger partial charge in [-0.1, -0.05) is 6.92 Å². The number of fused-ring (bicyclic) bond motifs is 1. The molecular formula is C20H28N4O2S.